The lowest BCUT2D eigenvalue weighted by atomic mass is 10.3. The Morgan fingerprint density at radius 2 is 1.71 bits per heavy atom. The van der Waals surface area contributed by atoms with Gasteiger partial charge in [-0.3, -0.25) is 0 Å². The van der Waals surface area contributed by atoms with E-state index in [0.717, 1.165) is 0 Å². The number of aldehydes is 1. The molecule has 0 bridgehead atoms. The average Bonchev–Trinajstić information content (AvgIpc) is 1.65. The minimum atomic E-state index is -0.725. The molecule has 42 valence electrons. The smallest absolute Gasteiger partial charge is 0.139 e. The van der Waals surface area contributed by atoms with Crippen LogP contribution >= 0.6 is 0 Å². The first-order chi connectivity index (χ1) is 3.18. The van der Waals surface area contributed by atoms with Crippen molar-refractivity contribution in [3.05, 3.63) is 0 Å². The Morgan fingerprint density at radius 1 is 1.29 bits per heavy atom. The zero-order valence-corrected chi connectivity index (χ0v) is 3.87. The van der Waals surface area contributed by atoms with Crippen LogP contribution in [0.4, 0.5) is 0 Å². The quantitative estimate of drug-likeness (QED) is 0.272. The Hall–Kier alpha value is -0.450. The van der Waals surface area contributed by atoms with E-state index in [1.54, 1.807) is 0 Å². The van der Waals surface area contributed by atoms with Crippen molar-refractivity contribution in [3.8, 4) is 0 Å². The molecule has 0 aromatic rings. The molecule has 6 N–H and O–H groups in total. The zero-order chi connectivity index (χ0) is 5.86. The van der Waals surface area contributed by atoms with Gasteiger partial charge in [0.2, 0.25) is 0 Å². The largest absolute Gasteiger partial charge is 0.319 e. The monoisotopic (exact) mass is 103 g/mol. The van der Waals surface area contributed by atoms with Crippen molar-refractivity contribution in [2.75, 3.05) is 0 Å². The molecule has 0 aliphatic carbocycles. The highest BCUT2D eigenvalue weighted by molar-refractivity contribution is 5.58. The maximum Gasteiger partial charge on any atom is 0.139 e. The number of hydrogen-bond donors (Lipinski definition) is 3. The van der Waals surface area contributed by atoms with Gasteiger partial charge >= 0.3 is 0 Å². The molecule has 0 amide bonds. The molecule has 0 radical (unpaired) electrons. The molecule has 0 aliphatic heterocycles. The van der Waals surface area contributed by atoms with Crippen molar-refractivity contribution in [3.63, 3.8) is 0 Å². The molecule has 0 saturated carbocycles. The van der Waals surface area contributed by atoms with Gasteiger partial charge in [-0.05, 0) is 0 Å². The number of rotatable bonds is 2. The molecule has 0 saturated heterocycles. The van der Waals surface area contributed by atoms with Crippen molar-refractivity contribution < 1.29 is 4.79 Å². The number of nitrogens with two attached hydrogens (primary N) is 3. The Balaban J connectivity index is 3.33. The summed E-state index contributed by atoms with van der Waals surface area (Å²) in [5.74, 6) is 0. The summed E-state index contributed by atoms with van der Waals surface area (Å²) < 4.78 is 0. The van der Waals surface area contributed by atoms with Crippen LogP contribution in [0.2, 0.25) is 0 Å². The fourth-order valence-electron chi connectivity index (χ4n) is 0.0907. The lowest BCUT2D eigenvalue weighted by molar-refractivity contribution is -0.109. The minimum absolute atomic E-state index is 0.519. The van der Waals surface area contributed by atoms with E-state index in [0.29, 0.717) is 6.29 Å². The summed E-state index contributed by atoms with van der Waals surface area (Å²) in [5.41, 5.74) is 14.9. The summed E-state index contributed by atoms with van der Waals surface area (Å²) >= 11 is 0. The molecule has 7 heavy (non-hydrogen) atoms. The van der Waals surface area contributed by atoms with Crippen LogP contribution in [-0.4, -0.2) is 18.5 Å². The highest BCUT2D eigenvalue weighted by Crippen LogP contribution is 1.66. The van der Waals surface area contributed by atoms with E-state index < -0.39 is 12.2 Å². The SMILES string of the molecule is NC(N)C(N)C=O. The molecule has 1 unspecified atom stereocenters. The standard InChI is InChI=1S/C3H9N3O/c4-2(1-7)3(5)6/h1-3H,4-6H2. The van der Waals surface area contributed by atoms with Crippen LogP contribution in [0.25, 0.3) is 0 Å². The topological polar surface area (TPSA) is 95.1 Å². The van der Waals surface area contributed by atoms with Crippen LogP contribution < -0.4 is 17.2 Å². The first kappa shape index (κ1) is 6.55. The van der Waals surface area contributed by atoms with Crippen molar-refractivity contribution in [2.24, 2.45) is 17.2 Å². The van der Waals surface area contributed by atoms with Crippen LogP contribution in [0.5, 0.6) is 0 Å². The number of carbonyl (C=O) groups excluding carboxylic acids is 1. The van der Waals surface area contributed by atoms with Gasteiger partial charge in [-0.2, -0.15) is 0 Å². The number of carbonyl (C=O) groups is 1. The Kier molecular flexibility index (Phi) is 2.51. The highest BCUT2D eigenvalue weighted by atomic mass is 16.1. The van der Waals surface area contributed by atoms with E-state index in [1.165, 1.54) is 0 Å². The Labute approximate surface area is 41.7 Å². The average molecular weight is 103 g/mol. The number of hydrogen-bond acceptors (Lipinski definition) is 4. The highest BCUT2D eigenvalue weighted by Gasteiger charge is 2.03. The molecule has 0 spiro atoms. The second kappa shape index (κ2) is 2.68. The van der Waals surface area contributed by atoms with E-state index in [4.69, 9.17) is 17.2 Å². The predicted molar refractivity (Wildman–Crippen MR) is 26.2 cm³/mol. The third kappa shape index (κ3) is 2.27. The van der Waals surface area contributed by atoms with Crippen LogP contribution in [0.1, 0.15) is 0 Å². The molecule has 0 fully saturated rings. The lowest BCUT2D eigenvalue weighted by Gasteiger charge is -2.05. The van der Waals surface area contributed by atoms with Gasteiger partial charge in [0.25, 0.3) is 0 Å². The van der Waals surface area contributed by atoms with Gasteiger partial charge in [-0.15, -0.1) is 0 Å². The van der Waals surface area contributed by atoms with Crippen LogP contribution in [0, 0.1) is 0 Å². The fraction of sp³-hybridized carbons (Fsp3) is 0.667. The van der Waals surface area contributed by atoms with E-state index in [2.05, 4.69) is 0 Å². The molecule has 0 aliphatic rings. The van der Waals surface area contributed by atoms with Crippen molar-refractivity contribution in [1.82, 2.24) is 0 Å². The summed E-state index contributed by atoms with van der Waals surface area (Å²) in [5, 5.41) is 0. The lowest BCUT2D eigenvalue weighted by Crippen LogP contribution is -2.48. The van der Waals surface area contributed by atoms with Gasteiger partial charge in [-0.25, -0.2) is 0 Å². The molecular weight excluding hydrogens is 94.1 g/mol. The van der Waals surface area contributed by atoms with Crippen LogP contribution in [0.3, 0.4) is 0 Å². The maximum atomic E-state index is 9.66. The first-order valence-electron chi connectivity index (χ1n) is 1.90. The Morgan fingerprint density at radius 3 is 1.71 bits per heavy atom. The molecular formula is C3H9N3O. The third-order valence-electron chi connectivity index (χ3n) is 0.602. The van der Waals surface area contributed by atoms with Gasteiger partial charge in [0, 0.05) is 0 Å². The molecule has 4 heteroatoms. The van der Waals surface area contributed by atoms with Gasteiger partial charge < -0.3 is 22.0 Å². The van der Waals surface area contributed by atoms with Crippen molar-refractivity contribution in [1.29, 1.82) is 0 Å². The predicted octanol–water partition coefficient (Wildman–Crippen LogP) is -2.24. The summed E-state index contributed by atoms with van der Waals surface area (Å²) in [6.07, 6.45) is -0.206. The summed E-state index contributed by atoms with van der Waals surface area (Å²) in [7, 11) is 0. The maximum absolute atomic E-state index is 9.66. The van der Waals surface area contributed by atoms with Crippen molar-refractivity contribution >= 4 is 6.29 Å². The van der Waals surface area contributed by atoms with Crippen LogP contribution in [0.15, 0.2) is 0 Å². The van der Waals surface area contributed by atoms with E-state index in [1.807, 2.05) is 0 Å². The fourth-order valence-corrected chi connectivity index (χ4v) is 0.0907. The van der Waals surface area contributed by atoms with Gasteiger partial charge in [-0.1, -0.05) is 0 Å². The molecule has 4 nitrogen and oxygen atoms in total. The summed E-state index contributed by atoms with van der Waals surface area (Å²) in [6, 6.07) is -0.722. The second-order valence-corrected chi connectivity index (χ2v) is 1.29. The molecule has 0 heterocycles. The normalized spacial score (nSPS) is 14.3. The van der Waals surface area contributed by atoms with E-state index in [9.17, 15) is 4.79 Å². The van der Waals surface area contributed by atoms with E-state index in [-0.39, 0.29) is 0 Å². The molecule has 0 aromatic carbocycles. The van der Waals surface area contributed by atoms with Gasteiger partial charge in [0.05, 0.1) is 12.2 Å². The summed E-state index contributed by atoms with van der Waals surface area (Å²) in [6.45, 7) is 0. The molecule has 0 aromatic heterocycles. The van der Waals surface area contributed by atoms with Gasteiger partial charge in [0.1, 0.15) is 6.29 Å². The molecule has 1 atom stereocenters. The van der Waals surface area contributed by atoms with Gasteiger partial charge in [0.15, 0.2) is 0 Å². The second-order valence-electron chi connectivity index (χ2n) is 1.29. The van der Waals surface area contributed by atoms with Crippen LogP contribution in [-0.2, 0) is 4.79 Å². The first-order valence-corrected chi connectivity index (χ1v) is 1.90. The Bertz CT molecular complexity index is 63.2. The zero-order valence-electron chi connectivity index (χ0n) is 3.87. The summed E-state index contributed by atoms with van der Waals surface area (Å²) in [4.78, 5) is 9.66. The van der Waals surface area contributed by atoms with Crippen molar-refractivity contribution in [2.45, 2.75) is 12.2 Å². The minimum Gasteiger partial charge on any atom is -0.319 e. The third-order valence-corrected chi connectivity index (χ3v) is 0.602. The molecule has 0 rings (SSSR count). The van der Waals surface area contributed by atoms with E-state index >= 15 is 0 Å².